The zero-order valence-corrected chi connectivity index (χ0v) is 16.2. The molecule has 0 aliphatic carbocycles. The lowest BCUT2D eigenvalue weighted by atomic mass is 9.99. The van der Waals surface area contributed by atoms with Crippen LogP contribution in [0.2, 0.25) is 0 Å². The summed E-state index contributed by atoms with van der Waals surface area (Å²) in [5.41, 5.74) is 1.61. The number of aromatic nitrogens is 2. The summed E-state index contributed by atoms with van der Waals surface area (Å²) in [6, 6.07) is 16.2. The van der Waals surface area contributed by atoms with E-state index < -0.39 is 0 Å². The monoisotopic (exact) mass is 391 g/mol. The standard InChI is InChI=1S/C22H21N3O2S/c26-22(19-14-28-21(24-19)15-6-2-1-3-7-15)25-16-9-10-17(25)13-18(12-16)27-20-8-4-5-11-23-20/h1-8,11,14,16-18H,9-10,12-13H2. The number of ether oxygens (including phenoxy) is 1. The minimum absolute atomic E-state index is 0.0576. The van der Waals surface area contributed by atoms with Gasteiger partial charge in [0, 0.05) is 48.1 Å². The maximum absolute atomic E-state index is 13.2. The molecule has 2 aliphatic heterocycles. The van der Waals surface area contributed by atoms with Crippen LogP contribution in [-0.4, -0.2) is 39.0 Å². The maximum atomic E-state index is 13.2. The van der Waals surface area contributed by atoms with Gasteiger partial charge >= 0.3 is 0 Å². The molecule has 4 heterocycles. The summed E-state index contributed by atoms with van der Waals surface area (Å²) in [5, 5.41) is 2.78. The van der Waals surface area contributed by atoms with Crippen molar-refractivity contribution in [2.45, 2.75) is 43.9 Å². The van der Waals surface area contributed by atoms with Gasteiger partial charge in [0.2, 0.25) is 5.88 Å². The van der Waals surface area contributed by atoms with Gasteiger partial charge in [-0.1, -0.05) is 36.4 Å². The van der Waals surface area contributed by atoms with Gasteiger partial charge in [0.1, 0.15) is 16.8 Å². The number of carbonyl (C=O) groups is 1. The number of amides is 1. The molecule has 142 valence electrons. The van der Waals surface area contributed by atoms with Crippen LogP contribution in [0.25, 0.3) is 10.6 Å². The lowest BCUT2D eigenvalue weighted by Gasteiger charge is -2.38. The summed E-state index contributed by atoms with van der Waals surface area (Å²) < 4.78 is 6.07. The van der Waals surface area contributed by atoms with Crippen LogP contribution >= 0.6 is 11.3 Å². The molecule has 0 N–H and O–H groups in total. The second-order valence-electron chi connectivity index (χ2n) is 7.38. The molecule has 1 aromatic carbocycles. The molecule has 0 saturated carbocycles. The molecule has 2 aliphatic rings. The molecule has 1 amide bonds. The number of carbonyl (C=O) groups excluding carboxylic acids is 1. The lowest BCUT2D eigenvalue weighted by Crippen LogP contribution is -2.49. The second kappa shape index (κ2) is 7.36. The van der Waals surface area contributed by atoms with E-state index in [-0.39, 0.29) is 24.1 Å². The number of pyridine rings is 1. The molecule has 2 atom stereocenters. The van der Waals surface area contributed by atoms with Crippen LogP contribution in [0.3, 0.4) is 0 Å². The quantitative estimate of drug-likeness (QED) is 0.661. The topological polar surface area (TPSA) is 55.3 Å². The van der Waals surface area contributed by atoms with E-state index in [2.05, 4.69) is 14.9 Å². The normalized spacial score (nSPS) is 23.6. The number of benzene rings is 1. The number of rotatable bonds is 4. The molecule has 28 heavy (non-hydrogen) atoms. The molecular formula is C22H21N3O2S. The Balaban J connectivity index is 1.30. The van der Waals surface area contributed by atoms with E-state index in [0.717, 1.165) is 36.3 Å². The molecule has 6 heteroatoms. The summed E-state index contributed by atoms with van der Waals surface area (Å²) in [5.74, 6) is 0.723. The fraction of sp³-hybridized carbons (Fsp3) is 0.318. The van der Waals surface area contributed by atoms with E-state index in [4.69, 9.17) is 4.74 Å². The number of hydrogen-bond acceptors (Lipinski definition) is 5. The van der Waals surface area contributed by atoms with Crippen LogP contribution in [0.15, 0.2) is 60.1 Å². The molecule has 2 unspecified atom stereocenters. The highest BCUT2D eigenvalue weighted by atomic mass is 32.1. The molecule has 0 spiro atoms. The van der Waals surface area contributed by atoms with Crippen molar-refractivity contribution < 1.29 is 9.53 Å². The highest BCUT2D eigenvalue weighted by molar-refractivity contribution is 7.13. The minimum atomic E-state index is 0.0576. The number of thiazole rings is 1. The molecule has 2 bridgehead atoms. The molecule has 5 nitrogen and oxygen atoms in total. The zero-order chi connectivity index (χ0) is 18.9. The summed E-state index contributed by atoms with van der Waals surface area (Å²) in [4.78, 5) is 24.1. The van der Waals surface area contributed by atoms with Gasteiger partial charge in [-0.3, -0.25) is 4.79 Å². The zero-order valence-electron chi connectivity index (χ0n) is 15.4. The Hall–Kier alpha value is -2.73. The highest BCUT2D eigenvalue weighted by Gasteiger charge is 2.44. The van der Waals surface area contributed by atoms with Crippen molar-refractivity contribution in [2.24, 2.45) is 0 Å². The molecular weight excluding hydrogens is 370 g/mol. The fourth-order valence-electron chi connectivity index (χ4n) is 4.36. The van der Waals surface area contributed by atoms with Crippen LogP contribution in [-0.2, 0) is 0 Å². The number of piperidine rings is 1. The maximum Gasteiger partial charge on any atom is 0.273 e. The molecule has 2 fully saturated rings. The van der Waals surface area contributed by atoms with Crippen LogP contribution in [0.5, 0.6) is 5.88 Å². The van der Waals surface area contributed by atoms with E-state index in [1.807, 2.05) is 53.9 Å². The van der Waals surface area contributed by atoms with Gasteiger partial charge < -0.3 is 9.64 Å². The van der Waals surface area contributed by atoms with Crippen LogP contribution in [0.4, 0.5) is 0 Å². The molecule has 2 saturated heterocycles. The van der Waals surface area contributed by atoms with Gasteiger partial charge in [-0.2, -0.15) is 0 Å². The Morgan fingerprint density at radius 2 is 1.79 bits per heavy atom. The fourth-order valence-corrected chi connectivity index (χ4v) is 5.16. The van der Waals surface area contributed by atoms with Gasteiger partial charge in [-0.15, -0.1) is 11.3 Å². The second-order valence-corrected chi connectivity index (χ2v) is 8.24. The third kappa shape index (κ3) is 3.29. The largest absolute Gasteiger partial charge is 0.474 e. The Labute approximate surface area is 168 Å². The lowest BCUT2D eigenvalue weighted by molar-refractivity contribution is 0.0344. The molecule has 0 radical (unpaired) electrons. The van der Waals surface area contributed by atoms with Crippen molar-refractivity contribution in [2.75, 3.05) is 0 Å². The Morgan fingerprint density at radius 3 is 2.50 bits per heavy atom. The summed E-state index contributed by atoms with van der Waals surface area (Å²) >= 11 is 1.53. The number of nitrogens with zero attached hydrogens (tertiary/aromatic N) is 3. The Morgan fingerprint density at radius 1 is 1.04 bits per heavy atom. The number of hydrogen-bond donors (Lipinski definition) is 0. The highest BCUT2D eigenvalue weighted by Crippen LogP contribution is 2.38. The third-order valence-corrected chi connectivity index (χ3v) is 6.48. The molecule has 2 aromatic heterocycles. The predicted octanol–water partition coefficient (Wildman–Crippen LogP) is 4.42. The van der Waals surface area contributed by atoms with Crippen LogP contribution in [0, 0.1) is 0 Å². The van der Waals surface area contributed by atoms with Gasteiger partial charge in [-0.05, 0) is 18.9 Å². The van der Waals surface area contributed by atoms with E-state index >= 15 is 0 Å². The average Bonchev–Trinajstić information content (AvgIpc) is 3.32. The van der Waals surface area contributed by atoms with Crippen LogP contribution < -0.4 is 4.74 Å². The third-order valence-electron chi connectivity index (χ3n) is 5.59. The van der Waals surface area contributed by atoms with E-state index in [0.29, 0.717) is 11.6 Å². The first-order valence-electron chi connectivity index (χ1n) is 9.69. The van der Waals surface area contributed by atoms with Gasteiger partial charge in [0.15, 0.2) is 0 Å². The summed E-state index contributed by atoms with van der Waals surface area (Å²) in [7, 11) is 0. The van der Waals surface area contributed by atoms with Crippen molar-refractivity contribution in [1.82, 2.24) is 14.9 Å². The Kier molecular flexibility index (Phi) is 4.56. The summed E-state index contributed by atoms with van der Waals surface area (Å²) in [6.07, 6.45) is 5.65. The summed E-state index contributed by atoms with van der Waals surface area (Å²) in [6.45, 7) is 0. The minimum Gasteiger partial charge on any atom is -0.474 e. The van der Waals surface area contributed by atoms with Crippen molar-refractivity contribution in [3.05, 3.63) is 65.8 Å². The van der Waals surface area contributed by atoms with Crippen LogP contribution in [0.1, 0.15) is 36.2 Å². The smallest absolute Gasteiger partial charge is 0.273 e. The van der Waals surface area contributed by atoms with Gasteiger partial charge in [0.25, 0.3) is 5.91 Å². The SMILES string of the molecule is O=C(c1csc(-c2ccccc2)n1)N1C2CCC1CC(Oc1ccccn1)C2. The number of fused-ring (bicyclic) bond motifs is 2. The predicted molar refractivity (Wildman–Crippen MR) is 108 cm³/mol. The van der Waals surface area contributed by atoms with E-state index in [1.54, 1.807) is 6.20 Å². The first-order valence-corrected chi connectivity index (χ1v) is 10.6. The first-order chi connectivity index (χ1) is 13.8. The Bertz CT molecular complexity index is 946. The van der Waals surface area contributed by atoms with E-state index in [1.165, 1.54) is 11.3 Å². The van der Waals surface area contributed by atoms with Crippen molar-refractivity contribution in [3.8, 4) is 16.5 Å². The average molecular weight is 391 g/mol. The van der Waals surface area contributed by atoms with Gasteiger partial charge in [0.05, 0.1) is 0 Å². The van der Waals surface area contributed by atoms with Gasteiger partial charge in [-0.25, -0.2) is 9.97 Å². The van der Waals surface area contributed by atoms with Crippen molar-refractivity contribution >= 4 is 17.2 Å². The molecule has 3 aromatic rings. The van der Waals surface area contributed by atoms with E-state index in [9.17, 15) is 4.79 Å². The van der Waals surface area contributed by atoms with Crippen molar-refractivity contribution in [3.63, 3.8) is 0 Å². The first kappa shape index (κ1) is 17.4. The molecule has 5 rings (SSSR count). The van der Waals surface area contributed by atoms with Crippen molar-refractivity contribution in [1.29, 1.82) is 0 Å².